The van der Waals surface area contributed by atoms with Gasteiger partial charge in [-0.15, -0.1) is 0 Å². The predicted molar refractivity (Wildman–Crippen MR) is 160 cm³/mol. The second-order valence-corrected chi connectivity index (χ2v) is 12.1. The van der Waals surface area contributed by atoms with Crippen molar-refractivity contribution < 1.29 is 93.9 Å². The summed E-state index contributed by atoms with van der Waals surface area (Å²) in [5, 5.41) is 108. The molecule has 3 rings (SSSR count). The van der Waals surface area contributed by atoms with Crippen LogP contribution < -0.4 is 10.6 Å². The van der Waals surface area contributed by atoms with Crippen LogP contribution in [-0.2, 0) is 42.8 Å². The van der Waals surface area contributed by atoms with E-state index in [1.54, 1.807) is 19.1 Å². The van der Waals surface area contributed by atoms with Gasteiger partial charge in [0, 0.05) is 20.3 Å². The van der Waals surface area contributed by atoms with Crippen LogP contribution in [-0.4, -0.2) is 193 Å². The monoisotopic (exact) mass is 728 g/mol. The number of hydrogen-bond donors (Lipinski definition) is 12. The van der Waals surface area contributed by atoms with E-state index in [4.69, 9.17) is 28.4 Å². The highest BCUT2D eigenvalue weighted by atomic mass is 16.8. The number of carboxylic acids is 1. The third kappa shape index (κ3) is 9.70. The van der Waals surface area contributed by atoms with Gasteiger partial charge in [-0.2, -0.15) is 0 Å². The molecule has 21 nitrogen and oxygen atoms in total. The molecule has 21 heteroatoms. The lowest BCUT2D eigenvalue weighted by molar-refractivity contribution is -0.354. The van der Waals surface area contributed by atoms with Gasteiger partial charge in [0.2, 0.25) is 11.8 Å². The maximum atomic E-state index is 12.6. The third-order valence-electron chi connectivity index (χ3n) is 8.44. The topological polar surface area (TPSA) is 333 Å². The first kappa shape index (κ1) is 42.0. The number of allylic oxidation sites excluding steroid dienone is 1. The minimum Gasteiger partial charge on any atom is -0.477 e. The maximum Gasteiger partial charge on any atom is 0.364 e. The van der Waals surface area contributed by atoms with E-state index in [0.29, 0.717) is 0 Å². The number of amides is 2. The van der Waals surface area contributed by atoms with Gasteiger partial charge in [0.15, 0.2) is 12.6 Å². The maximum absolute atomic E-state index is 12.6. The summed E-state index contributed by atoms with van der Waals surface area (Å²) in [4.78, 5) is 36.7. The lowest BCUT2D eigenvalue weighted by Crippen LogP contribution is -2.69. The standard InChI is InChI=1S/C29H48N2O19/c1-4-5-6-45-26-18(31-12(3)35)24(49-27-23(42)22(41)20(39)15(9-33)47-27)21(40)16(48-26)10-46-29(28(43)44)7-13(36)17(30-11(2)34)25(50-29)19(38)14(37)8-32/h4-5,13-27,32-33,36-42H,6-10H2,1-3H3,(H,30,34)(H,31,35)(H,43,44)/b5-4+/t13-,14+,15+,16+,17+,18+,19-,20-,21-,22-,23+,24+,25+,26-,27-,29+/m0/s1. The van der Waals surface area contributed by atoms with Gasteiger partial charge in [0.05, 0.1) is 38.6 Å². The molecule has 3 heterocycles. The van der Waals surface area contributed by atoms with Gasteiger partial charge in [-0.05, 0) is 6.92 Å². The van der Waals surface area contributed by atoms with Crippen LogP contribution in [0.3, 0.4) is 0 Å². The van der Waals surface area contributed by atoms with Crippen LogP contribution in [0.25, 0.3) is 0 Å². The average Bonchev–Trinajstić information content (AvgIpc) is 3.06. The second-order valence-electron chi connectivity index (χ2n) is 12.1. The Morgan fingerprint density at radius 1 is 0.900 bits per heavy atom. The molecule has 0 spiro atoms. The van der Waals surface area contributed by atoms with Crippen molar-refractivity contribution in [1.82, 2.24) is 10.6 Å². The molecule has 0 aliphatic carbocycles. The summed E-state index contributed by atoms with van der Waals surface area (Å²) in [5.74, 6) is -6.02. The third-order valence-corrected chi connectivity index (χ3v) is 8.44. The van der Waals surface area contributed by atoms with Crippen LogP contribution in [0.5, 0.6) is 0 Å². The van der Waals surface area contributed by atoms with Gasteiger partial charge in [0.1, 0.15) is 67.1 Å². The minimum absolute atomic E-state index is 0.112. The number of carbonyl (C=O) groups excluding carboxylic acids is 2. The Labute approximate surface area is 285 Å². The molecule has 3 fully saturated rings. The summed E-state index contributed by atoms with van der Waals surface area (Å²) in [7, 11) is 0. The van der Waals surface area contributed by atoms with E-state index >= 15 is 0 Å². The van der Waals surface area contributed by atoms with Crippen molar-refractivity contribution in [2.45, 2.75) is 125 Å². The van der Waals surface area contributed by atoms with E-state index in [1.165, 1.54) is 0 Å². The van der Waals surface area contributed by atoms with Crippen LogP contribution in [0, 0.1) is 0 Å². The SMILES string of the molecule is C/C=C/CO[C@H]1O[C@H](CO[C@]2(C(=O)O)C[C@H](O)[C@@H](NC(C)=O)[C@H]([C@@H](O)[C@H](O)CO)O2)[C@H](O)[C@H](O[C@@H]2O[C@H](CO)[C@H](O)[C@H](O)[C@H]2O)[C@H]1NC(C)=O. The quantitative estimate of drug-likeness (QED) is 0.0697. The molecule has 3 aliphatic heterocycles. The summed E-state index contributed by atoms with van der Waals surface area (Å²) in [5.41, 5.74) is 0. The molecule has 0 aromatic carbocycles. The Morgan fingerprint density at radius 2 is 1.52 bits per heavy atom. The van der Waals surface area contributed by atoms with E-state index in [-0.39, 0.29) is 6.61 Å². The number of aliphatic hydroxyl groups excluding tert-OH is 9. The van der Waals surface area contributed by atoms with Gasteiger partial charge in [-0.1, -0.05) is 12.2 Å². The Bertz CT molecular complexity index is 1160. The molecule has 0 saturated carbocycles. The second kappa shape index (κ2) is 18.3. The molecule has 2 amide bonds. The molecule has 0 radical (unpaired) electrons. The highest BCUT2D eigenvalue weighted by Gasteiger charge is 2.57. The van der Waals surface area contributed by atoms with Crippen LogP contribution in [0.4, 0.5) is 0 Å². The lowest BCUT2D eigenvalue weighted by atomic mass is 9.88. The van der Waals surface area contributed by atoms with Crippen LogP contribution >= 0.6 is 0 Å². The Balaban J connectivity index is 1.96. The van der Waals surface area contributed by atoms with Gasteiger partial charge >= 0.3 is 5.97 Å². The molecule has 50 heavy (non-hydrogen) atoms. The molecular weight excluding hydrogens is 680 g/mol. The molecule has 288 valence electrons. The van der Waals surface area contributed by atoms with Crippen molar-refractivity contribution in [3.8, 4) is 0 Å². The Kier molecular flexibility index (Phi) is 15.4. The Morgan fingerprint density at radius 3 is 2.08 bits per heavy atom. The fourth-order valence-corrected chi connectivity index (χ4v) is 5.82. The summed E-state index contributed by atoms with van der Waals surface area (Å²) in [6.45, 7) is 1.07. The van der Waals surface area contributed by atoms with E-state index in [1.807, 2.05) is 0 Å². The molecule has 0 aromatic heterocycles. The van der Waals surface area contributed by atoms with Crippen molar-refractivity contribution in [3.05, 3.63) is 12.2 Å². The van der Waals surface area contributed by atoms with Gasteiger partial charge in [0.25, 0.3) is 5.79 Å². The number of rotatable bonds is 15. The fourth-order valence-electron chi connectivity index (χ4n) is 5.82. The molecular formula is C29H48N2O19. The van der Waals surface area contributed by atoms with Crippen LogP contribution in [0.2, 0.25) is 0 Å². The summed E-state index contributed by atoms with van der Waals surface area (Å²) in [6, 6.07) is -2.84. The van der Waals surface area contributed by atoms with Crippen LogP contribution in [0.1, 0.15) is 27.2 Å². The Hall–Kier alpha value is -2.45. The van der Waals surface area contributed by atoms with Crippen molar-refractivity contribution in [1.29, 1.82) is 0 Å². The first-order chi connectivity index (χ1) is 23.5. The smallest absolute Gasteiger partial charge is 0.364 e. The fraction of sp³-hybridized carbons (Fsp3) is 0.828. The van der Waals surface area contributed by atoms with E-state index < -0.39 is 142 Å². The predicted octanol–water partition coefficient (Wildman–Crippen LogP) is -6.48. The number of carboxylic acid groups (broad SMARTS) is 1. The zero-order valence-corrected chi connectivity index (χ0v) is 27.5. The van der Waals surface area contributed by atoms with Crippen molar-refractivity contribution in [2.75, 3.05) is 26.4 Å². The van der Waals surface area contributed by atoms with Gasteiger partial charge in [-0.25, -0.2) is 4.79 Å². The van der Waals surface area contributed by atoms with Crippen molar-refractivity contribution in [3.63, 3.8) is 0 Å². The van der Waals surface area contributed by atoms with Crippen LogP contribution in [0.15, 0.2) is 12.2 Å². The first-order valence-corrected chi connectivity index (χ1v) is 15.8. The zero-order chi connectivity index (χ0) is 37.5. The summed E-state index contributed by atoms with van der Waals surface area (Å²) >= 11 is 0. The highest BCUT2D eigenvalue weighted by molar-refractivity contribution is 5.76. The normalized spacial score (nSPS) is 40.6. The molecule has 0 bridgehead atoms. The minimum atomic E-state index is -2.82. The number of carbonyl (C=O) groups is 3. The molecule has 12 N–H and O–H groups in total. The number of aliphatic carboxylic acids is 1. The van der Waals surface area contributed by atoms with Crippen molar-refractivity contribution >= 4 is 17.8 Å². The van der Waals surface area contributed by atoms with E-state index in [2.05, 4.69) is 10.6 Å². The molecule has 3 aliphatic rings. The molecule has 16 atom stereocenters. The lowest BCUT2D eigenvalue weighted by Gasteiger charge is -2.49. The summed E-state index contributed by atoms with van der Waals surface area (Å²) < 4.78 is 34.1. The summed E-state index contributed by atoms with van der Waals surface area (Å²) in [6.07, 6.45) is -20.6. The van der Waals surface area contributed by atoms with Gasteiger partial charge < -0.3 is 90.1 Å². The number of hydrogen-bond acceptors (Lipinski definition) is 18. The highest BCUT2D eigenvalue weighted by Crippen LogP contribution is 2.36. The number of aliphatic hydroxyl groups is 9. The molecule has 0 aromatic rings. The van der Waals surface area contributed by atoms with Crippen molar-refractivity contribution in [2.24, 2.45) is 0 Å². The number of ether oxygens (including phenoxy) is 6. The zero-order valence-electron chi connectivity index (χ0n) is 27.5. The number of nitrogens with one attached hydrogen (secondary N) is 2. The van der Waals surface area contributed by atoms with E-state index in [9.17, 15) is 65.4 Å². The first-order valence-electron chi connectivity index (χ1n) is 15.8. The largest absolute Gasteiger partial charge is 0.477 e. The van der Waals surface area contributed by atoms with Gasteiger partial charge in [-0.3, -0.25) is 9.59 Å². The molecule has 0 unspecified atom stereocenters. The van der Waals surface area contributed by atoms with E-state index in [0.717, 1.165) is 13.8 Å². The average molecular weight is 729 g/mol. The molecule has 3 saturated heterocycles.